The fraction of sp³-hybridized carbons (Fsp3) is 0.913. The van der Waals surface area contributed by atoms with Crippen LogP contribution in [0.3, 0.4) is 0 Å². The highest BCUT2D eigenvalue weighted by molar-refractivity contribution is 5.69. The van der Waals surface area contributed by atoms with E-state index >= 15 is 0 Å². The van der Waals surface area contributed by atoms with E-state index in [2.05, 4.69) is 13.8 Å². The van der Waals surface area contributed by atoms with Gasteiger partial charge in [-0.1, -0.05) is 91.9 Å². The lowest BCUT2D eigenvalue weighted by Gasteiger charge is -2.23. The molecule has 0 spiro atoms. The van der Waals surface area contributed by atoms with E-state index in [1.165, 1.54) is 51.4 Å². The Hall–Kier alpha value is -1.06. The Morgan fingerprint density at radius 3 is 1.30 bits per heavy atom. The molecular formula is C23H44O4. The van der Waals surface area contributed by atoms with E-state index < -0.39 is 0 Å². The second-order valence-electron chi connectivity index (χ2n) is 8.52. The minimum Gasteiger partial charge on any atom is -0.465 e. The van der Waals surface area contributed by atoms with Crippen molar-refractivity contribution in [3.05, 3.63) is 0 Å². The average Bonchev–Trinajstić information content (AvgIpc) is 2.64. The number of ether oxygens (including phenoxy) is 2. The number of hydrogen-bond acceptors (Lipinski definition) is 4. The lowest BCUT2D eigenvalue weighted by Crippen LogP contribution is -2.28. The molecule has 0 aliphatic carbocycles. The van der Waals surface area contributed by atoms with E-state index in [0.29, 0.717) is 26.1 Å². The number of carbonyl (C=O) groups excluding carboxylic acids is 2. The van der Waals surface area contributed by atoms with E-state index in [1.807, 2.05) is 13.8 Å². The standard InChI is InChI=1S/C23H44O4/c1-5-7-9-11-12-14-16-18-22(25)27-20-23(3,4)19-26-21(24)17-15-13-10-8-6-2/h5-20H2,1-4H3. The Labute approximate surface area is 167 Å². The number of rotatable bonds is 18. The summed E-state index contributed by atoms with van der Waals surface area (Å²) in [7, 11) is 0. The number of unbranched alkanes of at least 4 members (excludes halogenated alkanes) is 10. The molecule has 0 amide bonds. The van der Waals surface area contributed by atoms with Gasteiger partial charge in [0.15, 0.2) is 0 Å². The highest BCUT2D eigenvalue weighted by Crippen LogP contribution is 2.18. The van der Waals surface area contributed by atoms with E-state index in [-0.39, 0.29) is 17.4 Å². The molecule has 0 aromatic carbocycles. The number of hydrogen-bond donors (Lipinski definition) is 0. The molecule has 0 aliphatic heterocycles. The predicted molar refractivity (Wildman–Crippen MR) is 112 cm³/mol. The van der Waals surface area contributed by atoms with E-state index in [9.17, 15) is 9.59 Å². The molecule has 27 heavy (non-hydrogen) atoms. The molecule has 0 saturated carbocycles. The number of carbonyl (C=O) groups is 2. The SMILES string of the molecule is CCCCCCCCCC(=O)OCC(C)(C)COC(=O)CCCCCCC. The predicted octanol–water partition coefficient (Wildman–Crippen LogP) is 6.60. The van der Waals surface area contributed by atoms with Crippen LogP contribution in [0, 0.1) is 5.41 Å². The zero-order valence-electron chi connectivity index (χ0n) is 18.4. The van der Waals surface area contributed by atoms with Crippen molar-refractivity contribution in [1.29, 1.82) is 0 Å². The molecule has 0 saturated heterocycles. The Balaban J connectivity index is 3.70. The van der Waals surface area contributed by atoms with E-state index in [4.69, 9.17) is 9.47 Å². The van der Waals surface area contributed by atoms with Crippen LogP contribution in [-0.4, -0.2) is 25.2 Å². The van der Waals surface area contributed by atoms with Crippen molar-refractivity contribution in [3.8, 4) is 0 Å². The van der Waals surface area contributed by atoms with Crippen molar-refractivity contribution in [1.82, 2.24) is 0 Å². The highest BCUT2D eigenvalue weighted by atomic mass is 16.5. The first-order valence-electron chi connectivity index (χ1n) is 11.2. The molecule has 0 radical (unpaired) electrons. The summed E-state index contributed by atoms with van der Waals surface area (Å²) < 4.78 is 10.7. The number of esters is 2. The summed E-state index contributed by atoms with van der Waals surface area (Å²) in [5.41, 5.74) is -0.340. The van der Waals surface area contributed by atoms with Crippen LogP contribution in [0.2, 0.25) is 0 Å². The molecule has 4 nitrogen and oxygen atoms in total. The van der Waals surface area contributed by atoms with Crippen LogP contribution in [-0.2, 0) is 19.1 Å². The van der Waals surface area contributed by atoms with E-state index in [1.54, 1.807) is 0 Å². The topological polar surface area (TPSA) is 52.6 Å². The van der Waals surface area contributed by atoms with Crippen molar-refractivity contribution in [2.45, 2.75) is 118 Å². The smallest absolute Gasteiger partial charge is 0.305 e. The molecule has 4 heteroatoms. The first-order chi connectivity index (χ1) is 12.9. The van der Waals surface area contributed by atoms with Gasteiger partial charge in [0.25, 0.3) is 0 Å². The molecular weight excluding hydrogens is 340 g/mol. The summed E-state index contributed by atoms with van der Waals surface area (Å²) in [4.78, 5) is 23.7. The molecule has 0 aromatic heterocycles. The second-order valence-corrected chi connectivity index (χ2v) is 8.52. The van der Waals surface area contributed by atoms with Gasteiger partial charge in [-0.3, -0.25) is 9.59 Å². The molecule has 0 fully saturated rings. The monoisotopic (exact) mass is 384 g/mol. The van der Waals surface area contributed by atoms with Crippen LogP contribution in [0.25, 0.3) is 0 Å². The maximum atomic E-state index is 11.9. The molecule has 0 N–H and O–H groups in total. The van der Waals surface area contributed by atoms with Gasteiger partial charge < -0.3 is 9.47 Å². The maximum Gasteiger partial charge on any atom is 0.305 e. The Morgan fingerprint density at radius 2 is 0.926 bits per heavy atom. The first kappa shape index (κ1) is 25.9. The lowest BCUT2D eigenvalue weighted by molar-refractivity contribution is -0.152. The molecule has 0 aromatic rings. The third kappa shape index (κ3) is 18.1. The zero-order valence-corrected chi connectivity index (χ0v) is 18.4. The fourth-order valence-corrected chi connectivity index (χ4v) is 2.84. The molecule has 0 unspecified atom stereocenters. The van der Waals surface area contributed by atoms with Crippen molar-refractivity contribution in [2.24, 2.45) is 5.41 Å². The van der Waals surface area contributed by atoms with Crippen LogP contribution in [0.4, 0.5) is 0 Å². The normalized spacial score (nSPS) is 11.4. The fourth-order valence-electron chi connectivity index (χ4n) is 2.84. The summed E-state index contributed by atoms with van der Waals surface area (Å²) in [6, 6.07) is 0. The average molecular weight is 385 g/mol. The largest absolute Gasteiger partial charge is 0.465 e. The summed E-state index contributed by atoms with van der Waals surface area (Å²) in [5.74, 6) is -0.284. The Bertz CT molecular complexity index is 377. The molecule has 0 atom stereocenters. The molecule has 0 bridgehead atoms. The summed E-state index contributed by atoms with van der Waals surface area (Å²) in [5, 5.41) is 0. The highest BCUT2D eigenvalue weighted by Gasteiger charge is 2.22. The van der Waals surface area contributed by atoms with Crippen molar-refractivity contribution >= 4 is 11.9 Å². The van der Waals surface area contributed by atoms with Crippen molar-refractivity contribution < 1.29 is 19.1 Å². The van der Waals surface area contributed by atoms with E-state index in [0.717, 1.165) is 25.7 Å². The van der Waals surface area contributed by atoms with Gasteiger partial charge in [-0.05, 0) is 12.8 Å². The van der Waals surface area contributed by atoms with Crippen LogP contribution in [0.5, 0.6) is 0 Å². The van der Waals surface area contributed by atoms with Crippen LogP contribution < -0.4 is 0 Å². The third-order valence-corrected chi connectivity index (χ3v) is 4.72. The molecule has 0 heterocycles. The Morgan fingerprint density at radius 1 is 0.593 bits per heavy atom. The minimum atomic E-state index is -0.340. The lowest BCUT2D eigenvalue weighted by atomic mass is 9.96. The summed E-state index contributed by atoms with van der Waals surface area (Å²) >= 11 is 0. The van der Waals surface area contributed by atoms with Crippen LogP contribution in [0.15, 0.2) is 0 Å². The zero-order chi connectivity index (χ0) is 20.4. The minimum absolute atomic E-state index is 0.140. The molecule has 0 rings (SSSR count). The van der Waals surface area contributed by atoms with Gasteiger partial charge in [0.2, 0.25) is 0 Å². The van der Waals surface area contributed by atoms with Crippen molar-refractivity contribution in [3.63, 3.8) is 0 Å². The Kier molecular flexibility index (Phi) is 16.4. The van der Waals surface area contributed by atoms with Gasteiger partial charge in [-0.2, -0.15) is 0 Å². The maximum absolute atomic E-state index is 11.9. The van der Waals surface area contributed by atoms with Gasteiger partial charge in [0, 0.05) is 18.3 Å². The first-order valence-corrected chi connectivity index (χ1v) is 11.2. The molecule has 160 valence electrons. The van der Waals surface area contributed by atoms with Gasteiger partial charge >= 0.3 is 11.9 Å². The van der Waals surface area contributed by atoms with Crippen LogP contribution >= 0.6 is 0 Å². The third-order valence-electron chi connectivity index (χ3n) is 4.72. The van der Waals surface area contributed by atoms with Gasteiger partial charge in [0.05, 0.1) is 13.2 Å². The van der Waals surface area contributed by atoms with Crippen molar-refractivity contribution in [2.75, 3.05) is 13.2 Å². The second kappa shape index (κ2) is 17.1. The van der Waals surface area contributed by atoms with Gasteiger partial charge in [0.1, 0.15) is 0 Å². The summed E-state index contributed by atoms with van der Waals surface area (Å²) in [6.07, 6.45) is 14.9. The quantitative estimate of drug-likeness (QED) is 0.197. The van der Waals surface area contributed by atoms with Crippen LogP contribution in [0.1, 0.15) is 118 Å². The molecule has 0 aliphatic rings. The van der Waals surface area contributed by atoms with Gasteiger partial charge in [-0.15, -0.1) is 0 Å². The summed E-state index contributed by atoms with van der Waals surface area (Å²) in [6.45, 7) is 8.91. The van der Waals surface area contributed by atoms with Gasteiger partial charge in [-0.25, -0.2) is 0 Å².